The number of carbonyl (C=O) groups excluding carboxylic acids is 2. The molecule has 2 fully saturated rings. The second-order valence-corrected chi connectivity index (χ2v) is 5.44. The summed E-state index contributed by atoms with van der Waals surface area (Å²) in [5.41, 5.74) is 1.72. The van der Waals surface area contributed by atoms with E-state index in [1.165, 1.54) is 6.92 Å². The predicted molar refractivity (Wildman–Crippen MR) is 74.0 cm³/mol. The van der Waals surface area contributed by atoms with Crippen molar-refractivity contribution in [3.05, 3.63) is 24.3 Å². The van der Waals surface area contributed by atoms with Crippen LogP contribution in [-0.4, -0.2) is 17.9 Å². The quantitative estimate of drug-likeness (QED) is 0.902. The van der Waals surface area contributed by atoms with E-state index < -0.39 is 0 Å². The van der Waals surface area contributed by atoms with Crippen molar-refractivity contribution in [1.29, 1.82) is 0 Å². The number of benzene rings is 1. The van der Waals surface area contributed by atoms with Crippen molar-refractivity contribution in [1.82, 2.24) is 0 Å². The highest BCUT2D eigenvalue weighted by Crippen LogP contribution is 2.38. The topological polar surface area (TPSA) is 49.4 Å². The maximum atomic E-state index is 12.3. The van der Waals surface area contributed by atoms with Gasteiger partial charge in [-0.25, -0.2) is 0 Å². The average molecular weight is 258 g/mol. The minimum atomic E-state index is -0.0825. The number of carbonyl (C=O) groups is 2. The maximum absolute atomic E-state index is 12.3. The number of anilines is 2. The molecule has 100 valence electrons. The molecule has 0 radical (unpaired) electrons. The van der Waals surface area contributed by atoms with Crippen LogP contribution < -0.4 is 10.2 Å². The van der Waals surface area contributed by atoms with Gasteiger partial charge in [0.2, 0.25) is 11.8 Å². The van der Waals surface area contributed by atoms with Crippen molar-refractivity contribution in [2.24, 2.45) is 5.92 Å². The summed E-state index contributed by atoms with van der Waals surface area (Å²) in [5.74, 6) is 0.436. The van der Waals surface area contributed by atoms with Gasteiger partial charge < -0.3 is 10.2 Å². The van der Waals surface area contributed by atoms with Gasteiger partial charge in [0, 0.05) is 30.3 Å². The van der Waals surface area contributed by atoms with E-state index in [9.17, 15) is 9.59 Å². The van der Waals surface area contributed by atoms with Crippen LogP contribution in [0.25, 0.3) is 0 Å². The molecule has 1 N–H and O–H groups in total. The summed E-state index contributed by atoms with van der Waals surface area (Å²) in [6, 6.07) is 7.94. The van der Waals surface area contributed by atoms with Crippen LogP contribution in [0.1, 0.15) is 32.6 Å². The Balaban J connectivity index is 1.78. The largest absolute Gasteiger partial charge is 0.326 e. The molecule has 0 aliphatic heterocycles. The zero-order valence-electron chi connectivity index (χ0n) is 11.1. The van der Waals surface area contributed by atoms with Crippen molar-refractivity contribution in [3.8, 4) is 0 Å². The zero-order valence-corrected chi connectivity index (χ0v) is 11.1. The summed E-state index contributed by atoms with van der Waals surface area (Å²) in [5, 5.41) is 2.74. The lowest BCUT2D eigenvalue weighted by Crippen LogP contribution is -2.34. The normalized spacial score (nSPS) is 17.9. The highest BCUT2D eigenvalue weighted by Gasteiger charge is 2.40. The first-order chi connectivity index (χ1) is 9.15. The first-order valence-corrected chi connectivity index (χ1v) is 6.86. The van der Waals surface area contributed by atoms with Gasteiger partial charge >= 0.3 is 0 Å². The van der Waals surface area contributed by atoms with Crippen LogP contribution in [0.4, 0.5) is 11.4 Å². The van der Waals surface area contributed by atoms with E-state index in [2.05, 4.69) is 5.32 Å². The number of hydrogen-bond donors (Lipinski definition) is 1. The van der Waals surface area contributed by atoms with Gasteiger partial charge in [-0.05, 0) is 49.9 Å². The van der Waals surface area contributed by atoms with E-state index in [0.29, 0.717) is 6.04 Å². The van der Waals surface area contributed by atoms with E-state index in [1.807, 2.05) is 29.2 Å². The fourth-order valence-corrected chi connectivity index (χ4v) is 2.29. The fourth-order valence-electron chi connectivity index (χ4n) is 2.29. The van der Waals surface area contributed by atoms with E-state index in [-0.39, 0.29) is 17.7 Å². The summed E-state index contributed by atoms with van der Waals surface area (Å²) < 4.78 is 0. The van der Waals surface area contributed by atoms with Gasteiger partial charge in [-0.1, -0.05) is 0 Å². The van der Waals surface area contributed by atoms with Crippen molar-refractivity contribution < 1.29 is 9.59 Å². The number of nitrogens with zero attached hydrogens (tertiary/aromatic N) is 1. The summed E-state index contributed by atoms with van der Waals surface area (Å²) >= 11 is 0. The van der Waals surface area contributed by atoms with Crippen LogP contribution in [0.15, 0.2) is 24.3 Å². The van der Waals surface area contributed by atoms with Crippen molar-refractivity contribution in [2.45, 2.75) is 38.6 Å². The number of nitrogens with one attached hydrogen (secondary N) is 1. The SMILES string of the molecule is CC(=O)Nc1ccc(N(C(=O)C2CC2)C2CC2)cc1. The smallest absolute Gasteiger partial charge is 0.230 e. The minimum Gasteiger partial charge on any atom is -0.326 e. The Morgan fingerprint density at radius 3 is 2.21 bits per heavy atom. The molecule has 2 amide bonds. The van der Waals surface area contributed by atoms with Crippen LogP contribution in [0.2, 0.25) is 0 Å². The molecule has 4 nitrogen and oxygen atoms in total. The van der Waals surface area contributed by atoms with Gasteiger partial charge in [0.15, 0.2) is 0 Å². The third-order valence-electron chi connectivity index (χ3n) is 3.54. The van der Waals surface area contributed by atoms with E-state index in [0.717, 1.165) is 37.1 Å². The Morgan fingerprint density at radius 2 is 1.74 bits per heavy atom. The van der Waals surface area contributed by atoms with Crippen molar-refractivity contribution in [3.63, 3.8) is 0 Å². The second-order valence-electron chi connectivity index (χ2n) is 5.44. The van der Waals surface area contributed by atoms with E-state index in [4.69, 9.17) is 0 Å². The van der Waals surface area contributed by atoms with Crippen LogP contribution in [-0.2, 0) is 9.59 Å². The summed E-state index contributed by atoms with van der Waals surface area (Å²) in [4.78, 5) is 25.2. The van der Waals surface area contributed by atoms with Crippen molar-refractivity contribution in [2.75, 3.05) is 10.2 Å². The molecule has 0 spiro atoms. The van der Waals surface area contributed by atoms with Crippen LogP contribution in [0.3, 0.4) is 0 Å². The molecule has 0 bridgehead atoms. The molecule has 4 heteroatoms. The average Bonchev–Trinajstić information content (AvgIpc) is 3.25. The number of amides is 2. The van der Waals surface area contributed by atoms with Crippen LogP contribution in [0, 0.1) is 5.92 Å². The Labute approximate surface area is 112 Å². The standard InChI is InChI=1S/C15H18N2O2/c1-10(18)16-12-4-6-13(7-5-12)17(14-8-9-14)15(19)11-2-3-11/h4-7,11,14H,2-3,8-9H2,1H3,(H,16,18). The highest BCUT2D eigenvalue weighted by molar-refractivity contribution is 5.98. The minimum absolute atomic E-state index is 0.0825. The Bertz CT molecular complexity index is 501. The highest BCUT2D eigenvalue weighted by atomic mass is 16.2. The molecule has 2 saturated carbocycles. The van der Waals surface area contributed by atoms with Gasteiger partial charge in [-0.2, -0.15) is 0 Å². The lowest BCUT2D eigenvalue weighted by atomic mass is 10.2. The first kappa shape index (κ1) is 12.2. The predicted octanol–water partition coefficient (Wildman–Crippen LogP) is 2.55. The van der Waals surface area contributed by atoms with Gasteiger partial charge in [0.25, 0.3) is 0 Å². The number of rotatable bonds is 4. The van der Waals surface area contributed by atoms with E-state index >= 15 is 0 Å². The lowest BCUT2D eigenvalue weighted by Gasteiger charge is -2.22. The Morgan fingerprint density at radius 1 is 1.11 bits per heavy atom. The lowest BCUT2D eigenvalue weighted by molar-refractivity contribution is -0.120. The first-order valence-electron chi connectivity index (χ1n) is 6.86. The van der Waals surface area contributed by atoms with Gasteiger partial charge in [-0.15, -0.1) is 0 Å². The Hall–Kier alpha value is -1.84. The maximum Gasteiger partial charge on any atom is 0.230 e. The Kier molecular flexibility index (Phi) is 3.01. The molecule has 2 aliphatic rings. The molecule has 0 atom stereocenters. The van der Waals surface area contributed by atoms with Gasteiger partial charge in [0.1, 0.15) is 0 Å². The summed E-state index contributed by atoms with van der Waals surface area (Å²) in [6.07, 6.45) is 4.27. The second kappa shape index (κ2) is 4.68. The van der Waals surface area contributed by atoms with Gasteiger partial charge in [0.05, 0.1) is 0 Å². The zero-order chi connectivity index (χ0) is 13.4. The van der Waals surface area contributed by atoms with Crippen LogP contribution in [0.5, 0.6) is 0 Å². The summed E-state index contributed by atoms with van der Waals surface area (Å²) in [6.45, 7) is 1.49. The third-order valence-corrected chi connectivity index (χ3v) is 3.54. The van der Waals surface area contributed by atoms with Crippen molar-refractivity contribution >= 4 is 23.2 Å². The molecule has 0 saturated heterocycles. The van der Waals surface area contributed by atoms with E-state index in [1.54, 1.807) is 0 Å². The van der Waals surface area contributed by atoms with Crippen LogP contribution >= 0.6 is 0 Å². The molecular formula is C15H18N2O2. The fraction of sp³-hybridized carbons (Fsp3) is 0.467. The third kappa shape index (κ3) is 2.78. The monoisotopic (exact) mass is 258 g/mol. The van der Waals surface area contributed by atoms with Gasteiger partial charge in [-0.3, -0.25) is 9.59 Å². The molecule has 0 heterocycles. The molecule has 19 heavy (non-hydrogen) atoms. The molecule has 2 aliphatic carbocycles. The molecular weight excluding hydrogens is 240 g/mol. The molecule has 0 unspecified atom stereocenters. The molecule has 1 aromatic carbocycles. The molecule has 3 rings (SSSR count). The number of hydrogen-bond acceptors (Lipinski definition) is 2. The molecule has 0 aromatic heterocycles. The molecule has 1 aromatic rings. The summed E-state index contributed by atoms with van der Waals surface area (Å²) in [7, 11) is 0.